The molecule has 0 amide bonds. The second-order valence-electron chi connectivity index (χ2n) is 6.36. The van der Waals surface area contributed by atoms with E-state index < -0.39 is 0 Å². The Kier molecular flexibility index (Phi) is 5.71. The summed E-state index contributed by atoms with van der Waals surface area (Å²) in [4.78, 5) is 2.33. The number of anilines is 2. The van der Waals surface area contributed by atoms with Gasteiger partial charge in [0.2, 0.25) is 0 Å². The maximum absolute atomic E-state index is 9.31. The molecule has 0 unspecified atom stereocenters. The van der Waals surface area contributed by atoms with Crippen LogP contribution in [0.25, 0.3) is 0 Å². The lowest BCUT2D eigenvalue weighted by atomic mass is 10.0. The molecule has 2 aromatic rings. The molecular formula is C21H27N3O. The first-order chi connectivity index (χ1) is 12.2. The van der Waals surface area contributed by atoms with Crippen LogP contribution in [0.5, 0.6) is 0 Å². The van der Waals surface area contributed by atoms with E-state index >= 15 is 0 Å². The van der Waals surface area contributed by atoms with E-state index in [2.05, 4.69) is 60.2 Å². The van der Waals surface area contributed by atoms with Crippen molar-refractivity contribution < 1.29 is 5.11 Å². The van der Waals surface area contributed by atoms with Gasteiger partial charge in [-0.05, 0) is 61.6 Å². The summed E-state index contributed by atoms with van der Waals surface area (Å²) < 4.78 is 0. The summed E-state index contributed by atoms with van der Waals surface area (Å²) in [7, 11) is 0. The SMILES string of the molecule is CCN(CC)c1ccc(/C=N/N2CCCc3cc(CO)ccc32)cc1. The second-order valence-corrected chi connectivity index (χ2v) is 6.36. The first-order valence-electron chi connectivity index (χ1n) is 9.14. The van der Waals surface area contributed by atoms with Gasteiger partial charge in [-0.25, -0.2) is 0 Å². The lowest BCUT2D eigenvalue weighted by molar-refractivity contribution is 0.281. The standard InChI is InChI=1S/C21H27N3O/c1-3-23(4-2)20-10-7-17(8-11-20)15-22-24-13-5-6-19-14-18(16-25)9-12-21(19)24/h7-12,14-15,25H,3-6,13,16H2,1-2H3/b22-15+. The Labute approximate surface area is 150 Å². The van der Waals surface area contributed by atoms with Gasteiger partial charge in [0.15, 0.2) is 0 Å². The molecule has 3 rings (SSSR count). The van der Waals surface area contributed by atoms with Gasteiger partial charge in [0.05, 0.1) is 18.5 Å². The Morgan fingerprint density at radius 3 is 2.56 bits per heavy atom. The lowest BCUT2D eigenvalue weighted by Gasteiger charge is -2.27. The summed E-state index contributed by atoms with van der Waals surface area (Å²) in [6.07, 6.45) is 4.06. The first kappa shape index (κ1) is 17.5. The van der Waals surface area contributed by atoms with E-state index in [-0.39, 0.29) is 6.61 Å². The fourth-order valence-corrected chi connectivity index (χ4v) is 3.35. The number of rotatable bonds is 6. The molecule has 1 N–H and O–H groups in total. The molecule has 0 aromatic heterocycles. The summed E-state index contributed by atoms with van der Waals surface area (Å²) >= 11 is 0. The molecule has 1 aliphatic heterocycles. The van der Waals surface area contributed by atoms with Crippen molar-refractivity contribution in [2.24, 2.45) is 5.10 Å². The van der Waals surface area contributed by atoms with E-state index in [9.17, 15) is 5.11 Å². The normalized spacial score (nSPS) is 14.0. The zero-order chi connectivity index (χ0) is 17.6. The third-order valence-corrected chi connectivity index (χ3v) is 4.79. The highest BCUT2D eigenvalue weighted by Gasteiger charge is 2.16. The van der Waals surface area contributed by atoms with Crippen molar-refractivity contribution in [2.75, 3.05) is 29.5 Å². The molecule has 25 heavy (non-hydrogen) atoms. The number of fused-ring (bicyclic) bond motifs is 1. The molecule has 0 spiro atoms. The molecule has 0 saturated heterocycles. The van der Waals surface area contributed by atoms with Crippen LogP contribution in [0.1, 0.15) is 37.0 Å². The van der Waals surface area contributed by atoms with Gasteiger partial charge >= 0.3 is 0 Å². The first-order valence-corrected chi connectivity index (χ1v) is 9.14. The predicted octanol–water partition coefficient (Wildman–Crippen LogP) is 3.81. The second kappa shape index (κ2) is 8.17. The summed E-state index contributed by atoms with van der Waals surface area (Å²) in [5, 5.41) is 16.1. The highest BCUT2D eigenvalue weighted by molar-refractivity contribution is 5.81. The monoisotopic (exact) mass is 337 g/mol. The minimum absolute atomic E-state index is 0.0927. The van der Waals surface area contributed by atoms with Gasteiger partial charge < -0.3 is 10.0 Å². The van der Waals surface area contributed by atoms with Gasteiger partial charge in [0, 0.05) is 25.3 Å². The maximum Gasteiger partial charge on any atom is 0.0681 e. The highest BCUT2D eigenvalue weighted by Crippen LogP contribution is 2.28. The summed E-state index contributed by atoms with van der Waals surface area (Å²) in [6, 6.07) is 14.7. The number of aliphatic hydroxyl groups is 1. The zero-order valence-corrected chi connectivity index (χ0v) is 15.2. The number of hydrogen-bond acceptors (Lipinski definition) is 4. The molecule has 0 bridgehead atoms. The van der Waals surface area contributed by atoms with Crippen molar-refractivity contribution in [3.63, 3.8) is 0 Å². The Morgan fingerprint density at radius 1 is 1.12 bits per heavy atom. The fourth-order valence-electron chi connectivity index (χ4n) is 3.35. The summed E-state index contributed by atoms with van der Waals surface area (Å²) in [6.45, 7) is 7.41. The molecule has 0 radical (unpaired) electrons. The minimum atomic E-state index is 0.0927. The van der Waals surface area contributed by atoms with Crippen LogP contribution in [0.3, 0.4) is 0 Å². The molecule has 4 heteroatoms. The van der Waals surface area contributed by atoms with Crippen molar-refractivity contribution in [3.05, 3.63) is 59.2 Å². The predicted molar refractivity (Wildman–Crippen MR) is 106 cm³/mol. The van der Waals surface area contributed by atoms with Gasteiger partial charge in [-0.1, -0.05) is 24.3 Å². The number of nitrogens with zero attached hydrogens (tertiary/aromatic N) is 3. The summed E-state index contributed by atoms with van der Waals surface area (Å²) in [5.41, 5.74) is 5.75. The molecule has 4 nitrogen and oxygen atoms in total. The van der Waals surface area contributed by atoms with Gasteiger partial charge in [0.25, 0.3) is 0 Å². The van der Waals surface area contributed by atoms with Crippen LogP contribution >= 0.6 is 0 Å². The molecule has 0 fully saturated rings. The third kappa shape index (κ3) is 4.02. The molecule has 0 saturated carbocycles. The van der Waals surface area contributed by atoms with Crippen LogP contribution in [-0.2, 0) is 13.0 Å². The Balaban J connectivity index is 1.75. The van der Waals surface area contributed by atoms with Crippen LogP contribution in [0, 0.1) is 0 Å². The molecule has 1 heterocycles. The van der Waals surface area contributed by atoms with Crippen molar-refractivity contribution in [1.29, 1.82) is 0 Å². The van der Waals surface area contributed by atoms with Crippen LogP contribution in [0.4, 0.5) is 11.4 Å². The minimum Gasteiger partial charge on any atom is -0.392 e. The number of benzene rings is 2. The average Bonchev–Trinajstić information content (AvgIpc) is 2.67. The van der Waals surface area contributed by atoms with Gasteiger partial charge in [-0.2, -0.15) is 5.10 Å². The summed E-state index contributed by atoms with van der Waals surface area (Å²) in [5.74, 6) is 0. The van der Waals surface area contributed by atoms with Crippen LogP contribution in [-0.4, -0.2) is 31.0 Å². The Bertz CT molecular complexity index is 720. The molecule has 1 aliphatic rings. The van der Waals surface area contributed by atoms with Gasteiger partial charge in [0.1, 0.15) is 0 Å². The number of aryl methyl sites for hydroxylation is 1. The molecule has 0 aliphatic carbocycles. The highest BCUT2D eigenvalue weighted by atomic mass is 16.3. The van der Waals surface area contributed by atoms with E-state index in [1.54, 1.807) is 0 Å². The smallest absolute Gasteiger partial charge is 0.0681 e. The maximum atomic E-state index is 9.31. The molecular weight excluding hydrogens is 310 g/mol. The Hall–Kier alpha value is -2.33. The van der Waals surface area contributed by atoms with Crippen LogP contribution in [0.2, 0.25) is 0 Å². The molecule has 132 valence electrons. The number of hydrazone groups is 1. The van der Waals surface area contributed by atoms with Gasteiger partial charge in [-0.3, -0.25) is 5.01 Å². The van der Waals surface area contributed by atoms with Crippen molar-refractivity contribution in [2.45, 2.75) is 33.3 Å². The topological polar surface area (TPSA) is 39.1 Å². The van der Waals surface area contributed by atoms with Gasteiger partial charge in [-0.15, -0.1) is 0 Å². The lowest BCUT2D eigenvalue weighted by Crippen LogP contribution is -2.24. The van der Waals surface area contributed by atoms with Crippen LogP contribution < -0.4 is 9.91 Å². The quantitative estimate of drug-likeness (QED) is 0.815. The number of hydrogen-bond donors (Lipinski definition) is 1. The molecule has 0 atom stereocenters. The van der Waals surface area contributed by atoms with Crippen molar-refractivity contribution in [3.8, 4) is 0 Å². The van der Waals surface area contributed by atoms with E-state index in [0.717, 1.165) is 49.3 Å². The van der Waals surface area contributed by atoms with E-state index in [0.29, 0.717) is 0 Å². The van der Waals surface area contributed by atoms with E-state index in [1.165, 1.54) is 11.3 Å². The van der Waals surface area contributed by atoms with Crippen molar-refractivity contribution >= 4 is 17.6 Å². The van der Waals surface area contributed by atoms with E-state index in [1.807, 2.05) is 12.3 Å². The zero-order valence-electron chi connectivity index (χ0n) is 15.2. The molecule has 2 aromatic carbocycles. The largest absolute Gasteiger partial charge is 0.392 e. The number of aliphatic hydroxyl groups excluding tert-OH is 1. The Morgan fingerprint density at radius 2 is 1.88 bits per heavy atom. The van der Waals surface area contributed by atoms with E-state index in [4.69, 9.17) is 5.10 Å². The fraction of sp³-hybridized carbons (Fsp3) is 0.381. The van der Waals surface area contributed by atoms with Crippen LogP contribution in [0.15, 0.2) is 47.6 Å². The van der Waals surface area contributed by atoms with Crippen molar-refractivity contribution in [1.82, 2.24) is 0 Å². The third-order valence-electron chi connectivity index (χ3n) is 4.79. The average molecular weight is 337 g/mol.